The smallest absolute Gasteiger partial charge is 0.306 e. The van der Waals surface area contributed by atoms with E-state index in [-0.39, 0.29) is 5.92 Å². The first-order valence-corrected chi connectivity index (χ1v) is 5.94. The second-order valence-electron chi connectivity index (χ2n) is 4.99. The molecule has 0 saturated heterocycles. The van der Waals surface area contributed by atoms with Crippen LogP contribution in [0.2, 0.25) is 0 Å². The van der Waals surface area contributed by atoms with Crippen LogP contribution >= 0.6 is 0 Å². The maximum absolute atomic E-state index is 11.0. The van der Waals surface area contributed by atoms with Gasteiger partial charge in [-0.25, -0.2) is 0 Å². The summed E-state index contributed by atoms with van der Waals surface area (Å²) in [5, 5.41) is 13.7. The Hall–Kier alpha value is -1.32. The number of aryl methyl sites for hydroxylation is 1. The van der Waals surface area contributed by atoms with Gasteiger partial charge in [-0.1, -0.05) is 0 Å². The molecule has 2 aliphatic rings. The van der Waals surface area contributed by atoms with Crippen LogP contribution in [0.4, 0.5) is 0 Å². The molecule has 0 aliphatic heterocycles. The van der Waals surface area contributed by atoms with Crippen molar-refractivity contribution in [3.8, 4) is 0 Å². The quantitative estimate of drug-likeness (QED) is 0.821. The van der Waals surface area contributed by atoms with Gasteiger partial charge in [-0.15, -0.1) is 0 Å². The molecule has 1 saturated carbocycles. The predicted molar refractivity (Wildman–Crippen MR) is 58.3 cm³/mol. The zero-order valence-electron chi connectivity index (χ0n) is 9.44. The molecular formula is C12H16N2O2. The summed E-state index contributed by atoms with van der Waals surface area (Å²) in [4.78, 5) is 11.0. The van der Waals surface area contributed by atoms with Crippen LogP contribution in [-0.4, -0.2) is 20.9 Å². The summed E-state index contributed by atoms with van der Waals surface area (Å²) in [6.07, 6.45) is 4.75. The monoisotopic (exact) mass is 220 g/mol. The minimum atomic E-state index is -0.656. The van der Waals surface area contributed by atoms with E-state index in [0.717, 1.165) is 12.8 Å². The molecule has 1 heterocycles. The Morgan fingerprint density at radius 1 is 1.44 bits per heavy atom. The van der Waals surface area contributed by atoms with Crippen molar-refractivity contribution in [2.45, 2.75) is 38.0 Å². The number of hydrogen-bond acceptors (Lipinski definition) is 2. The van der Waals surface area contributed by atoms with E-state index in [4.69, 9.17) is 5.11 Å². The lowest BCUT2D eigenvalue weighted by Gasteiger charge is -2.19. The highest BCUT2D eigenvalue weighted by Gasteiger charge is 2.35. The molecule has 1 fully saturated rings. The highest BCUT2D eigenvalue weighted by atomic mass is 16.4. The van der Waals surface area contributed by atoms with Gasteiger partial charge in [0.05, 0.1) is 11.6 Å². The molecule has 0 spiro atoms. The summed E-state index contributed by atoms with van der Waals surface area (Å²) in [6.45, 7) is 0. The number of nitrogens with zero attached hydrogens (tertiary/aromatic N) is 2. The molecule has 2 aliphatic carbocycles. The molecule has 16 heavy (non-hydrogen) atoms. The fraction of sp³-hybridized carbons (Fsp3) is 0.667. The van der Waals surface area contributed by atoms with Crippen LogP contribution in [-0.2, 0) is 24.7 Å². The van der Waals surface area contributed by atoms with Gasteiger partial charge in [0.1, 0.15) is 0 Å². The normalized spacial score (nSPS) is 24.2. The van der Waals surface area contributed by atoms with Crippen molar-refractivity contribution in [1.82, 2.24) is 9.78 Å². The van der Waals surface area contributed by atoms with Gasteiger partial charge in [0.15, 0.2) is 0 Å². The van der Waals surface area contributed by atoms with E-state index in [1.54, 1.807) is 0 Å². The zero-order chi connectivity index (χ0) is 11.3. The molecule has 4 heteroatoms. The van der Waals surface area contributed by atoms with Gasteiger partial charge in [-0.3, -0.25) is 9.48 Å². The van der Waals surface area contributed by atoms with Gasteiger partial charge >= 0.3 is 5.97 Å². The minimum Gasteiger partial charge on any atom is -0.481 e. The number of rotatable bonds is 2. The molecule has 1 N–H and O–H groups in total. The van der Waals surface area contributed by atoms with Gasteiger partial charge in [0.2, 0.25) is 0 Å². The van der Waals surface area contributed by atoms with E-state index in [2.05, 4.69) is 5.10 Å². The second kappa shape index (κ2) is 3.34. The maximum Gasteiger partial charge on any atom is 0.306 e. The first kappa shape index (κ1) is 9.87. The fourth-order valence-corrected chi connectivity index (χ4v) is 2.72. The average Bonchev–Trinajstić information content (AvgIpc) is 3.04. The molecule has 1 aromatic rings. The molecule has 0 bridgehead atoms. The van der Waals surface area contributed by atoms with E-state index in [0.29, 0.717) is 12.3 Å². The number of carbonyl (C=O) groups is 1. The predicted octanol–water partition coefficient (Wildman–Crippen LogP) is 1.49. The summed E-state index contributed by atoms with van der Waals surface area (Å²) in [7, 11) is 1.98. The molecule has 4 nitrogen and oxygen atoms in total. The molecule has 0 aromatic carbocycles. The van der Waals surface area contributed by atoms with Crippen LogP contribution in [0.5, 0.6) is 0 Å². The number of aromatic nitrogens is 2. The van der Waals surface area contributed by atoms with Crippen LogP contribution in [0.1, 0.15) is 42.1 Å². The third kappa shape index (κ3) is 1.44. The Kier molecular flexibility index (Phi) is 2.06. The first-order valence-electron chi connectivity index (χ1n) is 5.94. The fourth-order valence-electron chi connectivity index (χ4n) is 2.72. The van der Waals surface area contributed by atoms with Crippen LogP contribution in [0.15, 0.2) is 0 Å². The minimum absolute atomic E-state index is 0.200. The van der Waals surface area contributed by atoms with Gasteiger partial charge in [-0.2, -0.15) is 5.10 Å². The molecular weight excluding hydrogens is 204 g/mol. The highest BCUT2D eigenvalue weighted by molar-refractivity contribution is 5.71. The Labute approximate surface area is 94.3 Å². The van der Waals surface area contributed by atoms with E-state index >= 15 is 0 Å². The van der Waals surface area contributed by atoms with Crippen LogP contribution < -0.4 is 0 Å². The third-order valence-electron chi connectivity index (χ3n) is 3.80. The average molecular weight is 220 g/mol. The number of hydrogen-bond donors (Lipinski definition) is 1. The molecule has 1 unspecified atom stereocenters. The highest BCUT2D eigenvalue weighted by Crippen LogP contribution is 2.43. The van der Waals surface area contributed by atoms with E-state index in [9.17, 15) is 4.79 Å². The van der Waals surface area contributed by atoms with Gasteiger partial charge in [-0.05, 0) is 37.7 Å². The van der Waals surface area contributed by atoms with Crippen molar-refractivity contribution in [3.63, 3.8) is 0 Å². The first-order chi connectivity index (χ1) is 7.66. The van der Waals surface area contributed by atoms with Crippen molar-refractivity contribution < 1.29 is 9.90 Å². The largest absolute Gasteiger partial charge is 0.481 e. The SMILES string of the molecule is Cn1nc(C2CC2)c2c1CCC(C(=O)O)C2. The molecule has 3 rings (SSSR count). The van der Waals surface area contributed by atoms with Crippen LogP contribution in [0.3, 0.4) is 0 Å². The number of fused-ring (bicyclic) bond motifs is 1. The van der Waals surface area contributed by atoms with Crippen molar-refractivity contribution in [1.29, 1.82) is 0 Å². The van der Waals surface area contributed by atoms with Crippen molar-refractivity contribution >= 4 is 5.97 Å². The van der Waals surface area contributed by atoms with Gasteiger partial charge in [0.25, 0.3) is 0 Å². The Morgan fingerprint density at radius 2 is 2.19 bits per heavy atom. The number of aliphatic carboxylic acids is 1. The summed E-state index contributed by atoms with van der Waals surface area (Å²) < 4.78 is 1.96. The van der Waals surface area contributed by atoms with Crippen LogP contribution in [0.25, 0.3) is 0 Å². The van der Waals surface area contributed by atoms with Gasteiger partial charge in [0, 0.05) is 18.7 Å². The van der Waals surface area contributed by atoms with Crippen molar-refractivity contribution in [3.05, 3.63) is 17.0 Å². The van der Waals surface area contributed by atoms with Gasteiger partial charge < -0.3 is 5.11 Å². The van der Waals surface area contributed by atoms with Crippen molar-refractivity contribution in [2.75, 3.05) is 0 Å². The van der Waals surface area contributed by atoms with Crippen molar-refractivity contribution in [2.24, 2.45) is 13.0 Å². The topological polar surface area (TPSA) is 55.1 Å². The molecule has 86 valence electrons. The summed E-state index contributed by atoms with van der Waals surface area (Å²) in [5.74, 6) is -0.243. The maximum atomic E-state index is 11.0. The lowest BCUT2D eigenvalue weighted by molar-refractivity contribution is -0.142. The Balaban J connectivity index is 1.97. The van der Waals surface area contributed by atoms with Crippen LogP contribution in [0, 0.1) is 5.92 Å². The van der Waals surface area contributed by atoms with E-state index in [1.807, 2.05) is 11.7 Å². The Bertz CT molecular complexity index is 446. The zero-order valence-corrected chi connectivity index (χ0v) is 9.44. The molecule has 0 radical (unpaired) electrons. The lowest BCUT2D eigenvalue weighted by Crippen LogP contribution is -2.23. The molecule has 0 amide bonds. The number of carboxylic acid groups (broad SMARTS) is 1. The standard InChI is InChI=1S/C12H16N2O2/c1-14-10-5-4-8(12(15)16)6-9(10)11(13-14)7-2-3-7/h7-8H,2-6H2,1H3,(H,15,16). The lowest BCUT2D eigenvalue weighted by atomic mass is 9.86. The number of carboxylic acids is 1. The molecule has 1 atom stereocenters. The molecule has 1 aromatic heterocycles. The summed E-state index contributed by atoms with van der Waals surface area (Å²) >= 11 is 0. The Morgan fingerprint density at radius 3 is 2.81 bits per heavy atom. The summed E-state index contributed by atoms with van der Waals surface area (Å²) in [5.41, 5.74) is 3.69. The van der Waals surface area contributed by atoms with E-state index < -0.39 is 5.97 Å². The second-order valence-corrected chi connectivity index (χ2v) is 4.99. The summed E-state index contributed by atoms with van der Waals surface area (Å²) in [6, 6.07) is 0. The van der Waals surface area contributed by atoms with E-state index in [1.165, 1.54) is 29.8 Å². The third-order valence-corrected chi connectivity index (χ3v) is 3.80.